The van der Waals surface area contributed by atoms with Crippen molar-refractivity contribution in [2.75, 3.05) is 27.2 Å². The van der Waals surface area contributed by atoms with Crippen molar-refractivity contribution in [2.45, 2.75) is 24.5 Å². The normalized spacial score (nSPS) is 12.5. The molecule has 2 rings (SSSR count). The van der Waals surface area contributed by atoms with Crippen LogP contribution < -0.4 is 10.0 Å². The van der Waals surface area contributed by atoms with Crippen molar-refractivity contribution in [3.8, 4) is 0 Å². The van der Waals surface area contributed by atoms with Crippen LogP contribution in [0.1, 0.15) is 30.1 Å². The molecule has 174 valence electrons. The standard InChI is InChI=1S/C17H21NO.C6H8O7/c1-18(2)13-14-19-17(15-9-5-3-6-10-15)16-11-7-4-8-12-16;7-3(8)1-6(13,5(11)12)2-4(9)10/h3-12,17H,13-14H2,1-2H3;13H,1-2H2,(H,7,8)(H,9,10)(H,11,12). The van der Waals surface area contributed by atoms with E-state index in [0.29, 0.717) is 0 Å². The molecule has 32 heavy (non-hydrogen) atoms. The van der Waals surface area contributed by atoms with Gasteiger partial charge in [-0.2, -0.15) is 0 Å². The average Bonchev–Trinajstić information content (AvgIpc) is 2.71. The monoisotopic (exact) mass is 447 g/mol. The van der Waals surface area contributed by atoms with Gasteiger partial charge >= 0.3 is 11.9 Å². The van der Waals surface area contributed by atoms with Gasteiger partial charge in [0.1, 0.15) is 12.6 Å². The topological polar surface area (TPSA) is 149 Å². The van der Waals surface area contributed by atoms with Crippen LogP contribution in [0.3, 0.4) is 0 Å². The number of nitrogens with one attached hydrogen (secondary N) is 1. The summed E-state index contributed by atoms with van der Waals surface area (Å²) in [6.45, 7) is 1.77. The summed E-state index contributed by atoms with van der Waals surface area (Å²) in [5, 5.41) is 35.5. The summed E-state index contributed by atoms with van der Waals surface area (Å²) in [4.78, 5) is 31.7. The Morgan fingerprint density at radius 3 is 1.75 bits per heavy atom. The fourth-order valence-electron chi connectivity index (χ4n) is 2.72. The molecular formula is C23H29NO8. The maximum absolute atomic E-state index is 10.3. The quantitative estimate of drug-likeness (QED) is 0.355. The van der Waals surface area contributed by atoms with Crippen molar-refractivity contribution in [3.63, 3.8) is 0 Å². The molecule has 0 radical (unpaired) electrons. The van der Waals surface area contributed by atoms with Gasteiger partial charge in [0.05, 0.1) is 27.1 Å². The van der Waals surface area contributed by atoms with Crippen LogP contribution in [0.4, 0.5) is 0 Å². The number of ether oxygens (including phenoxy) is 1. The third kappa shape index (κ3) is 9.69. The van der Waals surface area contributed by atoms with Gasteiger partial charge in [0.25, 0.3) is 0 Å². The zero-order valence-corrected chi connectivity index (χ0v) is 18.1. The summed E-state index contributed by atoms with van der Waals surface area (Å²) in [7, 11) is 4.28. The van der Waals surface area contributed by atoms with E-state index >= 15 is 0 Å². The van der Waals surface area contributed by atoms with Crippen LogP contribution in [-0.2, 0) is 19.1 Å². The van der Waals surface area contributed by atoms with Crippen LogP contribution in [0.25, 0.3) is 0 Å². The molecule has 2 aromatic carbocycles. The minimum atomic E-state index is -2.80. The van der Waals surface area contributed by atoms with Gasteiger partial charge in [0.15, 0.2) is 5.60 Å². The Labute approximate surface area is 186 Å². The second-order valence-corrected chi connectivity index (χ2v) is 7.49. The number of quaternary nitrogens is 1. The molecule has 0 bridgehead atoms. The van der Waals surface area contributed by atoms with Crippen LogP contribution in [0.2, 0.25) is 0 Å². The first-order valence-electron chi connectivity index (χ1n) is 9.93. The zero-order valence-electron chi connectivity index (χ0n) is 18.1. The Hall–Kier alpha value is -3.27. The Kier molecular flexibility index (Phi) is 11.0. The van der Waals surface area contributed by atoms with Gasteiger partial charge in [0, 0.05) is 12.4 Å². The van der Waals surface area contributed by atoms with Crippen molar-refractivity contribution in [2.24, 2.45) is 0 Å². The highest BCUT2D eigenvalue weighted by Gasteiger charge is 2.38. The van der Waals surface area contributed by atoms with Crippen molar-refractivity contribution in [3.05, 3.63) is 71.8 Å². The van der Waals surface area contributed by atoms with Gasteiger partial charge in [-0.05, 0) is 11.1 Å². The van der Waals surface area contributed by atoms with Gasteiger partial charge in [0.2, 0.25) is 0 Å². The van der Waals surface area contributed by atoms with E-state index in [-0.39, 0.29) is 6.10 Å². The number of carboxylic acids is 3. The van der Waals surface area contributed by atoms with Crippen LogP contribution >= 0.6 is 0 Å². The summed E-state index contributed by atoms with van der Waals surface area (Å²) in [6.07, 6.45) is -2.41. The Bertz CT molecular complexity index is 799. The van der Waals surface area contributed by atoms with E-state index in [0.717, 1.165) is 13.2 Å². The number of carbonyl (C=O) groups excluding carboxylic acids is 1. The van der Waals surface area contributed by atoms with Gasteiger partial charge in [-0.25, -0.2) is 4.79 Å². The Balaban J connectivity index is 0.000000347. The lowest BCUT2D eigenvalue weighted by atomic mass is 9.96. The predicted octanol–water partition coefficient (Wildman–Crippen LogP) is -0.646. The highest BCUT2D eigenvalue weighted by Crippen LogP contribution is 2.25. The number of likely N-dealkylation sites (N-methyl/N-ethyl adjacent to an activating group) is 1. The highest BCUT2D eigenvalue weighted by atomic mass is 16.5. The van der Waals surface area contributed by atoms with E-state index < -0.39 is 36.4 Å². The van der Waals surface area contributed by atoms with E-state index in [1.165, 1.54) is 16.0 Å². The van der Waals surface area contributed by atoms with E-state index in [2.05, 4.69) is 62.6 Å². The zero-order chi connectivity index (χ0) is 24.1. The minimum Gasteiger partial charge on any atom is -0.550 e. The summed E-state index contributed by atoms with van der Waals surface area (Å²) in [6, 6.07) is 20.8. The van der Waals surface area contributed by atoms with E-state index in [9.17, 15) is 19.5 Å². The SMILES string of the molecule is C[NH+](C)CCOC(c1ccccc1)c1ccccc1.O=C([O-])CC(O)(CC(=O)O)C(=O)O. The lowest BCUT2D eigenvalue weighted by Crippen LogP contribution is -3.06. The van der Waals surface area contributed by atoms with Crippen LogP contribution in [-0.4, -0.2) is 66.1 Å². The number of aliphatic carboxylic acids is 3. The van der Waals surface area contributed by atoms with Crippen LogP contribution in [0.15, 0.2) is 60.7 Å². The lowest BCUT2D eigenvalue weighted by molar-refractivity contribution is -0.858. The van der Waals surface area contributed by atoms with E-state index in [1.54, 1.807) is 0 Å². The molecule has 1 atom stereocenters. The summed E-state index contributed by atoms with van der Waals surface area (Å²) >= 11 is 0. The molecule has 0 aliphatic heterocycles. The molecule has 0 aliphatic rings. The first-order valence-corrected chi connectivity index (χ1v) is 9.93. The Morgan fingerprint density at radius 1 is 0.938 bits per heavy atom. The molecule has 0 heterocycles. The molecular weight excluding hydrogens is 418 g/mol. The molecule has 0 amide bonds. The second kappa shape index (κ2) is 13.2. The molecule has 0 aromatic heterocycles. The molecule has 0 fully saturated rings. The van der Waals surface area contributed by atoms with Crippen LogP contribution in [0, 0.1) is 0 Å². The number of aliphatic hydroxyl groups is 1. The molecule has 4 N–H and O–H groups in total. The average molecular weight is 447 g/mol. The lowest BCUT2D eigenvalue weighted by Gasteiger charge is -2.21. The highest BCUT2D eigenvalue weighted by molar-refractivity contribution is 5.87. The van der Waals surface area contributed by atoms with Gasteiger partial charge in [-0.15, -0.1) is 0 Å². The fourth-order valence-corrected chi connectivity index (χ4v) is 2.72. The number of carbonyl (C=O) groups is 3. The van der Waals surface area contributed by atoms with Gasteiger partial charge in [-0.1, -0.05) is 60.7 Å². The first-order chi connectivity index (χ1) is 15.0. The van der Waals surface area contributed by atoms with Crippen molar-refractivity contribution < 1.29 is 44.4 Å². The van der Waals surface area contributed by atoms with Gasteiger partial charge < -0.3 is 34.9 Å². The number of hydrogen-bond donors (Lipinski definition) is 4. The van der Waals surface area contributed by atoms with Crippen molar-refractivity contribution in [1.29, 1.82) is 0 Å². The van der Waals surface area contributed by atoms with Crippen molar-refractivity contribution in [1.82, 2.24) is 0 Å². The molecule has 9 nitrogen and oxygen atoms in total. The maximum atomic E-state index is 10.3. The summed E-state index contributed by atoms with van der Waals surface area (Å²) in [5.74, 6) is -5.34. The largest absolute Gasteiger partial charge is 0.550 e. The van der Waals surface area contributed by atoms with Crippen molar-refractivity contribution >= 4 is 17.9 Å². The molecule has 0 saturated heterocycles. The van der Waals surface area contributed by atoms with Crippen LogP contribution in [0.5, 0.6) is 0 Å². The molecule has 9 heteroatoms. The minimum absolute atomic E-state index is 0.0294. The second-order valence-electron chi connectivity index (χ2n) is 7.49. The molecule has 0 aliphatic carbocycles. The summed E-state index contributed by atoms with van der Waals surface area (Å²) < 4.78 is 6.10. The number of benzene rings is 2. The fraction of sp³-hybridized carbons (Fsp3) is 0.348. The molecule has 2 aromatic rings. The van der Waals surface area contributed by atoms with Gasteiger partial charge in [-0.3, -0.25) is 4.79 Å². The molecule has 0 saturated carbocycles. The maximum Gasteiger partial charge on any atom is 0.336 e. The predicted molar refractivity (Wildman–Crippen MR) is 113 cm³/mol. The molecule has 1 unspecified atom stereocenters. The number of hydrogen-bond acceptors (Lipinski definition) is 6. The third-order valence-electron chi connectivity index (χ3n) is 4.37. The number of rotatable bonds is 11. The summed E-state index contributed by atoms with van der Waals surface area (Å²) in [5.41, 5.74) is -0.380. The smallest absolute Gasteiger partial charge is 0.336 e. The van der Waals surface area contributed by atoms with E-state index in [4.69, 9.17) is 20.1 Å². The third-order valence-corrected chi connectivity index (χ3v) is 4.37. The number of carboxylic acid groups (broad SMARTS) is 3. The first kappa shape index (κ1) is 26.8. The molecule has 0 spiro atoms. The van der Waals surface area contributed by atoms with E-state index in [1.807, 2.05) is 12.1 Å². The Morgan fingerprint density at radius 2 is 1.41 bits per heavy atom.